The van der Waals surface area contributed by atoms with Crippen LogP contribution in [-0.4, -0.2) is 47.8 Å². The second-order valence-corrected chi connectivity index (χ2v) is 5.60. The summed E-state index contributed by atoms with van der Waals surface area (Å²) in [5, 5.41) is 0.0897. The zero-order valence-corrected chi connectivity index (χ0v) is 12.9. The molecule has 7 heteroatoms. The number of furan rings is 1. The number of hydrogen-bond donors (Lipinski definition) is 0. The predicted octanol–water partition coefficient (Wildman–Crippen LogP) is 2.67. The Labute approximate surface area is 137 Å². The average molecular weight is 337 g/mol. The number of amides is 2. The monoisotopic (exact) mass is 336 g/mol. The van der Waals surface area contributed by atoms with E-state index in [-0.39, 0.29) is 16.5 Å². The Kier molecular flexibility index (Phi) is 4.34. The van der Waals surface area contributed by atoms with Gasteiger partial charge in [-0.15, -0.1) is 0 Å². The molecule has 0 bridgehead atoms. The molecule has 0 atom stereocenters. The minimum Gasteiger partial charge on any atom is -0.472 e. The molecule has 2 aromatic rings. The molecular formula is C16H14ClFN2O3. The summed E-state index contributed by atoms with van der Waals surface area (Å²) in [5.41, 5.74) is 0.353. The van der Waals surface area contributed by atoms with Gasteiger partial charge in [0, 0.05) is 26.2 Å². The molecule has 0 spiro atoms. The van der Waals surface area contributed by atoms with Gasteiger partial charge in [0.25, 0.3) is 11.8 Å². The summed E-state index contributed by atoms with van der Waals surface area (Å²) < 4.78 is 18.7. The van der Waals surface area contributed by atoms with Crippen LogP contribution in [0.5, 0.6) is 0 Å². The Morgan fingerprint density at radius 2 is 1.70 bits per heavy atom. The molecule has 1 aliphatic rings. The van der Waals surface area contributed by atoms with E-state index in [0.717, 1.165) is 0 Å². The van der Waals surface area contributed by atoms with Gasteiger partial charge in [-0.1, -0.05) is 17.7 Å². The first-order valence-electron chi connectivity index (χ1n) is 7.12. The number of rotatable bonds is 2. The zero-order valence-electron chi connectivity index (χ0n) is 12.2. The summed E-state index contributed by atoms with van der Waals surface area (Å²) in [6, 6.07) is 5.74. The second-order valence-electron chi connectivity index (χ2n) is 5.19. The van der Waals surface area contributed by atoms with Crippen LogP contribution in [0.4, 0.5) is 4.39 Å². The molecule has 1 aromatic heterocycles. The molecule has 1 aromatic carbocycles. The predicted molar refractivity (Wildman–Crippen MR) is 81.9 cm³/mol. The maximum absolute atomic E-state index is 13.8. The van der Waals surface area contributed by atoms with E-state index in [1.54, 1.807) is 11.0 Å². The summed E-state index contributed by atoms with van der Waals surface area (Å²) in [5.74, 6) is -1.24. The summed E-state index contributed by atoms with van der Waals surface area (Å²) in [4.78, 5) is 27.8. The van der Waals surface area contributed by atoms with Crippen molar-refractivity contribution in [2.24, 2.45) is 0 Å². The molecule has 0 N–H and O–H groups in total. The van der Waals surface area contributed by atoms with Gasteiger partial charge in [-0.05, 0) is 18.2 Å². The summed E-state index contributed by atoms with van der Waals surface area (Å²) >= 11 is 5.93. The van der Waals surface area contributed by atoms with E-state index < -0.39 is 11.7 Å². The zero-order chi connectivity index (χ0) is 16.4. The van der Waals surface area contributed by atoms with Crippen LogP contribution < -0.4 is 0 Å². The highest BCUT2D eigenvalue weighted by Gasteiger charge is 2.28. The summed E-state index contributed by atoms with van der Waals surface area (Å²) in [6.45, 7) is 1.41. The largest absolute Gasteiger partial charge is 0.472 e. The van der Waals surface area contributed by atoms with Gasteiger partial charge in [0.2, 0.25) is 0 Å². The number of carbonyl (C=O) groups is 2. The van der Waals surface area contributed by atoms with Crippen LogP contribution in [-0.2, 0) is 0 Å². The van der Waals surface area contributed by atoms with E-state index in [1.807, 2.05) is 0 Å². The lowest BCUT2D eigenvalue weighted by atomic mass is 10.1. The van der Waals surface area contributed by atoms with Crippen LogP contribution in [0.3, 0.4) is 0 Å². The Balaban J connectivity index is 1.67. The van der Waals surface area contributed by atoms with Gasteiger partial charge >= 0.3 is 0 Å². The molecule has 1 aliphatic heterocycles. The van der Waals surface area contributed by atoms with E-state index in [2.05, 4.69) is 0 Å². The molecule has 0 unspecified atom stereocenters. The van der Waals surface area contributed by atoms with Crippen molar-refractivity contribution < 1.29 is 18.4 Å². The first kappa shape index (κ1) is 15.6. The second kappa shape index (κ2) is 6.42. The third-order valence-corrected chi connectivity index (χ3v) is 4.11. The third-order valence-electron chi connectivity index (χ3n) is 3.80. The molecule has 2 heterocycles. The maximum Gasteiger partial charge on any atom is 0.258 e. The Morgan fingerprint density at radius 1 is 1.04 bits per heavy atom. The lowest BCUT2D eigenvalue weighted by Gasteiger charge is -2.34. The van der Waals surface area contributed by atoms with Crippen molar-refractivity contribution in [3.8, 4) is 0 Å². The van der Waals surface area contributed by atoms with Crippen LogP contribution in [0.25, 0.3) is 0 Å². The van der Waals surface area contributed by atoms with E-state index in [1.165, 1.54) is 35.6 Å². The fourth-order valence-corrected chi connectivity index (χ4v) is 2.79. The molecule has 23 heavy (non-hydrogen) atoms. The van der Waals surface area contributed by atoms with Crippen molar-refractivity contribution in [1.29, 1.82) is 0 Å². The highest BCUT2D eigenvalue weighted by atomic mass is 35.5. The molecule has 0 saturated carbocycles. The van der Waals surface area contributed by atoms with Crippen LogP contribution in [0.15, 0.2) is 41.2 Å². The summed E-state index contributed by atoms with van der Waals surface area (Å²) in [6.07, 6.45) is 2.83. The molecule has 0 aliphatic carbocycles. The van der Waals surface area contributed by atoms with Gasteiger partial charge in [-0.25, -0.2) is 4.39 Å². The average Bonchev–Trinajstić information content (AvgIpc) is 3.08. The van der Waals surface area contributed by atoms with Gasteiger partial charge in [0.1, 0.15) is 12.1 Å². The van der Waals surface area contributed by atoms with Crippen molar-refractivity contribution in [3.05, 3.63) is 58.8 Å². The van der Waals surface area contributed by atoms with Crippen LogP contribution >= 0.6 is 11.6 Å². The first-order valence-corrected chi connectivity index (χ1v) is 7.50. The topological polar surface area (TPSA) is 53.8 Å². The van der Waals surface area contributed by atoms with Crippen molar-refractivity contribution in [2.45, 2.75) is 0 Å². The van der Waals surface area contributed by atoms with Crippen molar-refractivity contribution in [2.75, 3.05) is 26.2 Å². The molecule has 3 rings (SSSR count). The van der Waals surface area contributed by atoms with Crippen molar-refractivity contribution >= 4 is 23.4 Å². The number of nitrogens with zero attached hydrogens (tertiary/aromatic N) is 2. The highest BCUT2D eigenvalue weighted by Crippen LogP contribution is 2.21. The number of halogens is 2. The maximum atomic E-state index is 13.8. The number of piperazine rings is 1. The Bertz CT molecular complexity index is 705. The SMILES string of the molecule is O=C(c1ccoc1)N1CCN(C(=O)c2c(F)cccc2Cl)CC1. The van der Waals surface area contributed by atoms with E-state index in [9.17, 15) is 14.0 Å². The standard InChI is InChI=1S/C16H14ClFN2O3/c17-12-2-1-3-13(18)14(12)16(22)20-7-5-19(6-8-20)15(21)11-4-9-23-10-11/h1-4,9-10H,5-8H2. The van der Waals surface area contributed by atoms with Gasteiger partial charge in [0.15, 0.2) is 0 Å². The number of benzene rings is 1. The molecular weight excluding hydrogens is 323 g/mol. The Hall–Kier alpha value is -2.34. The quantitative estimate of drug-likeness (QED) is 0.847. The van der Waals surface area contributed by atoms with Gasteiger partial charge in [-0.3, -0.25) is 9.59 Å². The molecule has 1 saturated heterocycles. The van der Waals surface area contributed by atoms with Crippen LogP contribution in [0.1, 0.15) is 20.7 Å². The normalized spacial score (nSPS) is 14.9. The lowest BCUT2D eigenvalue weighted by Crippen LogP contribution is -2.50. The lowest BCUT2D eigenvalue weighted by molar-refractivity contribution is 0.0532. The van der Waals surface area contributed by atoms with Crippen LogP contribution in [0, 0.1) is 5.82 Å². The highest BCUT2D eigenvalue weighted by molar-refractivity contribution is 6.33. The molecule has 2 amide bonds. The molecule has 0 radical (unpaired) electrons. The molecule has 120 valence electrons. The fourth-order valence-electron chi connectivity index (χ4n) is 2.54. The smallest absolute Gasteiger partial charge is 0.258 e. The van der Waals surface area contributed by atoms with Gasteiger partial charge in [0.05, 0.1) is 22.4 Å². The van der Waals surface area contributed by atoms with Gasteiger partial charge in [-0.2, -0.15) is 0 Å². The van der Waals surface area contributed by atoms with E-state index in [4.69, 9.17) is 16.0 Å². The minimum absolute atomic E-state index is 0.0897. The summed E-state index contributed by atoms with van der Waals surface area (Å²) in [7, 11) is 0. The van der Waals surface area contributed by atoms with Crippen molar-refractivity contribution in [3.63, 3.8) is 0 Å². The Morgan fingerprint density at radius 3 is 2.26 bits per heavy atom. The first-order chi connectivity index (χ1) is 11.1. The third kappa shape index (κ3) is 3.07. The van der Waals surface area contributed by atoms with E-state index in [0.29, 0.717) is 31.7 Å². The van der Waals surface area contributed by atoms with E-state index >= 15 is 0 Å². The van der Waals surface area contributed by atoms with Crippen LogP contribution in [0.2, 0.25) is 5.02 Å². The molecule has 5 nitrogen and oxygen atoms in total. The minimum atomic E-state index is -0.639. The number of carbonyl (C=O) groups excluding carboxylic acids is 2. The molecule has 1 fully saturated rings. The van der Waals surface area contributed by atoms with Crippen molar-refractivity contribution in [1.82, 2.24) is 9.80 Å². The fraction of sp³-hybridized carbons (Fsp3) is 0.250. The number of hydrogen-bond acceptors (Lipinski definition) is 3. The van der Waals surface area contributed by atoms with Gasteiger partial charge < -0.3 is 14.2 Å².